The Morgan fingerprint density at radius 3 is 2.47 bits per heavy atom. The molecule has 1 saturated carbocycles. The topological polar surface area (TPSA) is 42.2 Å². The van der Waals surface area contributed by atoms with Gasteiger partial charge in [0.2, 0.25) is 5.89 Å². The molecular weight excluding hydrogens is 238 g/mol. The van der Waals surface area contributed by atoms with E-state index < -0.39 is 0 Å². The largest absolute Gasteiger partial charge is 0.338 e. The van der Waals surface area contributed by atoms with Crippen molar-refractivity contribution in [2.45, 2.75) is 64.8 Å². The Morgan fingerprint density at radius 1 is 1.21 bits per heavy atom. The summed E-state index contributed by atoms with van der Waals surface area (Å²) < 4.78 is 5.40. The molecule has 0 amide bonds. The number of hydrogen-bond donors (Lipinski definition) is 0. The standard InChI is InChI=1S/C15H27N3O/c1-11(2)14-16-15(19-17-14)12(3)18(4)10-13-8-6-5-7-9-13/h11-13H,5-10H2,1-4H3/t12-/m0/s1. The highest BCUT2D eigenvalue weighted by molar-refractivity contribution is 4.95. The lowest BCUT2D eigenvalue weighted by atomic mass is 9.89. The van der Waals surface area contributed by atoms with Gasteiger partial charge in [-0.1, -0.05) is 38.3 Å². The lowest BCUT2D eigenvalue weighted by Gasteiger charge is -2.29. The van der Waals surface area contributed by atoms with E-state index >= 15 is 0 Å². The van der Waals surface area contributed by atoms with Crippen LogP contribution >= 0.6 is 0 Å². The van der Waals surface area contributed by atoms with Crippen molar-refractivity contribution in [3.05, 3.63) is 11.7 Å². The van der Waals surface area contributed by atoms with Crippen LogP contribution in [-0.2, 0) is 0 Å². The van der Waals surface area contributed by atoms with Gasteiger partial charge in [-0.15, -0.1) is 0 Å². The maximum atomic E-state index is 5.40. The molecule has 0 spiro atoms. The highest BCUT2D eigenvalue weighted by Gasteiger charge is 2.23. The van der Waals surface area contributed by atoms with Gasteiger partial charge in [-0.25, -0.2) is 0 Å². The average Bonchev–Trinajstić information content (AvgIpc) is 2.88. The lowest BCUT2D eigenvalue weighted by Crippen LogP contribution is -2.29. The average molecular weight is 265 g/mol. The molecule has 1 fully saturated rings. The first-order valence-corrected chi connectivity index (χ1v) is 7.61. The molecule has 1 aliphatic rings. The molecule has 2 rings (SSSR count). The molecule has 4 heteroatoms. The van der Waals surface area contributed by atoms with Crippen molar-refractivity contribution >= 4 is 0 Å². The molecular formula is C15H27N3O. The Morgan fingerprint density at radius 2 is 1.89 bits per heavy atom. The molecule has 1 atom stereocenters. The van der Waals surface area contributed by atoms with E-state index in [1.54, 1.807) is 0 Å². The van der Waals surface area contributed by atoms with E-state index in [4.69, 9.17) is 4.52 Å². The second-order valence-electron chi connectivity index (χ2n) is 6.27. The Hall–Kier alpha value is -0.900. The van der Waals surface area contributed by atoms with Crippen LogP contribution < -0.4 is 0 Å². The Bertz CT molecular complexity index is 382. The van der Waals surface area contributed by atoms with Crippen LogP contribution in [0.2, 0.25) is 0 Å². The van der Waals surface area contributed by atoms with Crippen LogP contribution in [0, 0.1) is 5.92 Å². The first kappa shape index (κ1) is 14.5. The van der Waals surface area contributed by atoms with Gasteiger partial charge in [-0.2, -0.15) is 4.98 Å². The molecule has 1 aliphatic carbocycles. The fourth-order valence-electron chi connectivity index (χ4n) is 2.78. The predicted octanol–water partition coefficient (Wildman–Crippen LogP) is 3.77. The molecule has 0 aliphatic heterocycles. The Kier molecular flexibility index (Phi) is 4.97. The van der Waals surface area contributed by atoms with Crippen LogP contribution in [-0.4, -0.2) is 28.6 Å². The molecule has 0 unspecified atom stereocenters. The van der Waals surface area contributed by atoms with Crippen LogP contribution in [0.3, 0.4) is 0 Å². The van der Waals surface area contributed by atoms with E-state index in [9.17, 15) is 0 Å². The number of rotatable bonds is 5. The maximum absolute atomic E-state index is 5.40. The van der Waals surface area contributed by atoms with Crippen LogP contribution in [0.25, 0.3) is 0 Å². The van der Waals surface area contributed by atoms with Crippen molar-refractivity contribution in [3.8, 4) is 0 Å². The smallest absolute Gasteiger partial charge is 0.243 e. The van der Waals surface area contributed by atoms with Gasteiger partial charge >= 0.3 is 0 Å². The quantitative estimate of drug-likeness (QED) is 0.812. The summed E-state index contributed by atoms with van der Waals surface area (Å²) in [6, 6.07) is 0.210. The number of nitrogens with zero attached hydrogens (tertiary/aromatic N) is 3. The molecule has 0 aromatic carbocycles. The molecule has 19 heavy (non-hydrogen) atoms. The second-order valence-corrected chi connectivity index (χ2v) is 6.27. The molecule has 4 nitrogen and oxygen atoms in total. The minimum Gasteiger partial charge on any atom is -0.338 e. The van der Waals surface area contributed by atoms with E-state index in [-0.39, 0.29) is 6.04 Å². The third kappa shape index (κ3) is 3.78. The fourth-order valence-corrected chi connectivity index (χ4v) is 2.78. The summed E-state index contributed by atoms with van der Waals surface area (Å²) in [6.07, 6.45) is 6.95. The van der Waals surface area contributed by atoms with E-state index in [1.165, 1.54) is 32.1 Å². The monoisotopic (exact) mass is 265 g/mol. The SMILES string of the molecule is CC(C)c1noc([C@H](C)N(C)CC2CCCCC2)n1. The number of hydrogen-bond acceptors (Lipinski definition) is 4. The van der Waals surface area contributed by atoms with Gasteiger partial charge < -0.3 is 4.52 Å². The molecule has 0 saturated heterocycles. The molecule has 108 valence electrons. The molecule has 1 heterocycles. The van der Waals surface area contributed by atoms with Crippen molar-refractivity contribution in [2.75, 3.05) is 13.6 Å². The third-order valence-electron chi connectivity index (χ3n) is 4.26. The van der Waals surface area contributed by atoms with Crippen LogP contribution in [0.15, 0.2) is 4.52 Å². The van der Waals surface area contributed by atoms with E-state index in [2.05, 4.69) is 42.9 Å². The summed E-state index contributed by atoms with van der Waals surface area (Å²) >= 11 is 0. The van der Waals surface area contributed by atoms with E-state index in [1.807, 2.05) is 0 Å². The van der Waals surface area contributed by atoms with E-state index in [0.717, 1.165) is 24.2 Å². The third-order valence-corrected chi connectivity index (χ3v) is 4.26. The van der Waals surface area contributed by atoms with Crippen molar-refractivity contribution in [2.24, 2.45) is 5.92 Å². The highest BCUT2D eigenvalue weighted by atomic mass is 16.5. The molecule has 0 bridgehead atoms. The van der Waals surface area contributed by atoms with Crippen LogP contribution in [0.1, 0.15) is 76.6 Å². The zero-order chi connectivity index (χ0) is 13.8. The van der Waals surface area contributed by atoms with Gasteiger partial charge in [0.1, 0.15) is 0 Å². The lowest BCUT2D eigenvalue weighted by molar-refractivity contribution is 0.164. The Labute approximate surface area is 116 Å². The molecule has 1 aromatic rings. The highest BCUT2D eigenvalue weighted by Crippen LogP contribution is 2.27. The summed E-state index contributed by atoms with van der Waals surface area (Å²) in [5.41, 5.74) is 0. The van der Waals surface area contributed by atoms with E-state index in [0.29, 0.717) is 5.92 Å². The molecule has 0 N–H and O–H groups in total. The summed E-state index contributed by atoms with van der Waals surface area (Å²) in [6.45, 7) is 7.47. The summed E-state index contributed by atoms with van der Waals surface area (Å²) in [4.78, 5) is 6.86. The van der Waals surface area contributed by atoms with Gasteiger partial charge in [-0.3, -0.25) is 4.90 Å². The minimum absolute atomic E-state index is 0.210. The molecule has 0 radical (unpaired) electrons. The van der Waals surface area contributed by atoms with Gasteiger partial charge in [0.25, 0.3) is 0 Å². The minimum atomic E-state index is 0.210. The zero-order valence-corrected chi connectivity index (χ0v) is 12.7. The Balaban J connectivity index is 1.91. The fraction of sp³-hybridized carbons (Fsp3) is 0.867. The predicted molar refractivity (Wildman–Crippen MR) is 76.0 cm³/mol. The van der Waals surface area contributed by atoms with Crippen molar-refractivity contribution in [1.82, 2.24) is 15.0 Å². The molecule has 1 aromatic heterocycles. The van der Waals surface area contributed by atoms with Gasteiger partial charge in [0.15, 0.2) is 5.82 Å². The summed E-state index contributed by atoms with van der Waals surface area (Å²) in [5, 5.41) is 4.05. The van der Waals surface area contributed by atoms with Gasteiger partial charge in [0, 0.05) is 12.5 Å². The normalized spacial score (nSPS) is 19.3. The zero-order valence-electron chi connectivity index (χ0n) is 12.7. The van der Waals surface area contributed by atoms with Gasteiger partial charge in [0.05, 0.1) is 6.04 Å². The van der Waals surface area contributed by atoms with Crippen molar-refractivity contribution < 1.29 is 4.52 Å². The van der Waals surface area contributed by atoms with Crippen molar-refractivity contribution in [1.29, 1.82) is 0 Å². The maximum Gasteiger partial charge on any atom is 0.243 e. The summed E-state index contributed by atoms with van der Waals surface area (Å²) in [5.74, 6) is 2.73. The number of aromatic nitrogens is 2. The van der Waals surface area contributed by atoms with Crippen LogP contribution in [0.4, 0.5) is 0 Å². The van der Waals surface area contributed by atoms with Crippen LogP contribution in [0.5, 0.6) is 0 Å². The van der Waals surface area contributed by atoms with Crippen molar-refractivity contribution in [3.63, 3.8) is 0 Å². The summed E-state index contributed by atoms with van der Waals surface area (Å²) in [7, 11) is 2.17. The second kappa shape index (κ2) is 6.51. The first-order valence-electron chi connectivity index (χ1n) is 7.61. The van der Waals surface area contributed by atoms with Gasteiger partial charge in [-0.05, 0) is 32.7 Å². The first-order chi connectivity index (χ1) is 9.08.